The van der Waals surface area contributed by atoms with E-state index in [9.17, 15) is 18.7 Å². The molecule has 0 aliphatic rings. The highest BCUT2D eigenvalue weighted by Crippen LogP contribution is 2.33. The molecule has 1 N–H and O–H groups in total. The van der Waals surface area contributed by atoms with E-state index in [1.807, 2.05) is 0 Å². The summed E-state index contributed by atoms with van der Waals surface area (Å²) in [6.45, 7) is 6.11. The van der Waals surface area contributed by atoms with E-state index in [0.29, 0.717) is 0 Å². The van der Waals surface area contributed by atoms with Crippen molar-refractivity contribution in [3.8, 4) is 0 Å². The van der Waals surface area contributed by atoms with Gasteiger partial charge >= 0.3 is 5.97 Å². The maximum Gasteiger partial charge on any atom is 0.311 e. The van der Waals surface area contributed by atoms with Crippen LogP contribution in [0.15, 0.2) is 30.9 Å². The summed E-state index contributed by atoms with van der Waals surface area (Å²) in [6, 6.07) is 2.74. The van der Waals surface area contributed by atoms with E-state index in [1.165, 1.54) is 24.3 Å². The number of nitrogens with zero attached hydrogens (tertiary/aromatic N) is 3. The summed E-state index contributed by atoms with van der Waals surface area (Å²) < 4.78 is 34.6. The Morgan fingerprint density at radius 3 is 2.60 bits per heavy atom. The molecular weight excluding hydrogens is 332 g/mol. The summed E-state index contributed by atoms with van der Waals surface area (Å²) >= 11 is 0. The predicted octanol–water partition coefficient (Wildman–Crippen LogP) is 2.42. The summed E-state index contributed by atoms with van der Waals surface area (Å²) in [5.41, 5.74) is -3.18. The molecule has 0 radical (unpaired) electrons. The van der Waals surface area contributed by atoms with Crippen molar-refractivity contribution >= 4 is 5.97 Å². The Morgan fingerprint density at radius 2 is 2.04 bits per heavy atom. The van der Waals surface area contributed by atoms with Gasteiger partial charge in [0.15, 0.2) is 0 Å². The third-order valence-electron chi connectivity index (χ3n) is 3.83. The minimum Gasteiger partial charge on any atom is -0.459 e. The molecule has 136 valence electrons. The minimum atomic E-state index is -2.04. The van der Waals surface area contributed by atoms with Gasteiger partial charge in [0.05, 0.1) is 12.0 Å². The molecule has 25 heavy (non-hydrogen) atoms. The molecule has 1 aromatic heterocycles. The number of benzene rings is 1. The molecule has 0 spiro atoms. The molecular formula is C17H21F2N3O3. The van der Waals surface area contributed by atoms with E-state index in [2.05, 4.69) is 10.1 Å². The fraction of sp³-hybridized carbons (Fsp3) is 0.471. The van der Waals surface area contributed by atoms with Crippen molar-refractivity contribution in [1.82, 2.24) is 14.8 Å². The van der Waals surface area contributed by atoms with Gasteiger partial charge in [0.2, 0.25) is 0 Å². The first-order chi connectivity index (χ1) is 11.5. The van der Waals surface area contributed by atoms with Crippen molar-refractivity contribution in [2.45, 2.75) is 45.9 Å². The highest BCUT2D eigenvalue weighted by molar-refractivity contribution is 5.75. The number of hydrogen-bond donors (Lipinski definition) is 1. The summed E-state index contributed by atoms with van der Waals surface area (Å²) in [5, 5.41) is 15.0. The number of ether oxygens (including phenoxy) is 1. The van der Waals surface area contributed by atoms with Crippen LogP contribution in [-0.4, -0.2) is 31.9 Å². The van der Waals surface area contributed by atoms with Gasteiger partial charge in [-0.05, 0) is 45.9 Å². The first-order valence-corrected chi connectivity index (χ1v) is 7.75. The Hall–Kier alpha value is -2.35. The molecule has 0 unspecified atom stereocenters. The number of carbonyl (C=O) groups is 1. The fourth-order valence-electron chi connectivity index (χ4n) is 2.26. The first-order valence-electron chi connectivity index (χ1n) is 7.75. The van der Waals surface area contributed by atoms with Crippen molar-refractivity contribution in [3.05, 3.63) is 48.1 Å². The molecule has 2 atom stereocenters. The van der Waals surface area contributed by atoms with Gasteiger partial charge in [-0.15, -0.1) is 0 Å². The number of halogens is 2. The van der Waals surface area contributed by atoms with Crippen LogP contribution in [0.25, 0.3) is 0 Å². The SMILES string of the molecule is C[C@@H](OC(=O)C(C)(C)C)[C@](O)(Cn1cncn1)c1cc(F)ccc1F. The monoisotopic (exact) mass is 353 g/mol. The summed E-state index contributed by atoms with van der Waals surface area (Å²) in [5.74, 6) is -2.11. The Bertz CT molecular complexity index is 744. The number of aromatic nitrogens is 3. The molecule has 2 rings (SSSR count). The van der Waals surface area contributed by atoms with Crippen LogP contribution in [0.1, 0.15) is 33.3 Å². The van der Waals surface area contributed by atoms with E-state index in [4.69, 9.17) is 4.74 Å². The van der Waals surface area contributed by atoms with E-state index in [-0.39, 0.29) is 12.1 Å². The van der Waals surface area contributed by atoms with E-state index in [0.717, 1.165) is 18.2 Å². The molecule has 0 saturated carbocycles. The van der Waals surface area contributed by atoms with Gasteiger partial charge in [0.25, 0.3) is 0 Å². The lowest BCUT2D eigenvalue weighted by Gasteiger charge is -2.35. The average Bonchev–Trinajstić information content (AvgIpc) is 3.01. The van der Waals surface area contributed by atoms with Crippen molar-refractivity contribution in [3.63, 3.8) is 0 Å². The number of hydrogen-bond acceptors (Lipinski definition) is 5. The fourth-order valence-corrected chi connectivity index (χ4v) is 2.26. The third-order valence-corrected chi connectivity index (χ3v) is 3.83. The maximum atomic E-state index is 14.3. The molecule has 2 aromatic rings. The van der Waals surface area contributed by atoms with Crippen LogP contribution in [0.3, 0.4) is 0 Å². The van der Waals surface area contributed by atoms with Crippen LogP contribution in [0, 0.1) is 17.0 Å². The lowest BCUT2D eigenvalue weighted by molar-refractivity contribution is -0.176. The van der Waals surface area contributed by atoms with E-state index >= 15 is 0 Å². The summed E-state index contributed by atoms with van der Waals surface area (Å²) in [7, 11) is 0. The lowest BCUT2D eigenvalue weighted by Crippen LogP contribution is -2.46. The van der Waals surface area contributed by atoms with E-state index < -0.39 is 34.7 Å². The van der Waals surface area contributed by atoms with E-state index in [1.54, 1.807) is 20.8 Å². The number of aliphatic hydroxyl groups is 1. The zero-order valence-corrected chi connectivity index (χ0v) is 14.5. The van der Waals surface area contributed by atoms with Gasteiger partial charge in [-0.2, -0.15) is 5.10 Å². The zero-order valence-electron chi connectivity index (χ0n) is 14.5. The quantitative estimate of drug-likeness (QED) is 0.836. The second kappa shape index (κ2) is 6.87. The van der Waals surface area contributed by atoms with Gasteiger partial charge in [-0.3, -0.25) is 4.79 Å². The highest BCUT2D eigenvalue weighted by atomic mass is 19.1. The first kappa shape index (κ1) is 19.0. The van der Waals surface area contributed by atoms with Crippen molar-refractivity contribution < 1.29 is 23.4 Å². The van der Waals surface area contributed by atoms with Crippen molar-refractivity contribution in [2.24, 2.45) is 5.41 Å². The Labute approximate surface area is 144 Å². The zero-order chi connectivity index (χ0) is 18.8. The Morgan fingerprint density at radius 1 is 1.36 bits per heavy atom. The van der Waals surface area contributed by atoms with Crippen LogP contribution in [0.4, 0.5) is 8.78 Å². The van der Waals surface area contributed by atoms with Crippen LogP contribution in [0.5, 0.6) is 0 Å². The molecule has 0 fully saturated rings. The summed E-state index contributed by atoms with van der Waals surface area (Å²) in [4.78, 5) is 15.9. The molecule has 0 amide bonds. The molecule has 0 aliphatic heterocycles. The predicted molar refractivity (Wildman–Crippen MR) is 85.3 cm³/mol. The number of esters is 1. The largest absolute Gasteiger partial charge is 0.459 e. The average molecular weight is 353 g/mol. The molecule has 0 saturated heterocycles. The standard InChI is InChI=1S/C17H21F2N3O3/c1-11(25-15(23)16(2,3)4)17(24,8-22-10-20-9-21-22)13-7-12(18)5-6-14(13)19/h5-7,9-11,24H,8H2,1-4H3/t11-,17-/m1/s1. The third kappa shape index (κ3) is 4.19. The van der Waals surface area contributed by atoms with Crippen LogP contribution in [0.2, 0.25) is 0 Å². The second-order valence-corrected chi connectivity index (χ2v) is 6.94. The van der Waals surface area contributed by atoms with Crippen LogP contribution >= 0.6 is 0 Å². The van der Waals surface area contributed by atoms with Gasteiger partial charge in [0.1, 0.15) is 36.0 Å². The smallest absolute Gasteiger partial charge is 0.311 e. The van der Waals surface area contributed by atoms with Crippen LogP contribution in [-0.2, 0) is 21.7 Å². The lowest BCUT2D eigenvalue weighted by atomic mass is 9.87. The number of carbonyl (C=O) groups excluding carboxylic acids is 1. The molecule has 0 bridgehead atoms. The second-order valence-electron chi connectivity index (χ2n) is 6.94. The van der Waals surface area contributed by atoms with Crippen molar-refractivity contribution in [2.75, 3.05) is 0 Å². The molecule has 1 heterocycles. The topological polar surface area (TPSA) is 77.2 Å². The Balaban J connectivity index is 2.45. The van der Waals surface area contributed by atoms with Crippen molar-refractivity contribution in [1.29, 1.82) is 0 Å². The van der Waals surface area contributed by atoms with Crippen LogP contribution < -0.4 is 0 Å². The van der Waals surface area contributed by atoms with Gasteiger partial charge in [0, 0.05) is 5.56 Å². The van der Waals surface area contributed by atoms with Gasteiger partial charge in [-0.25, -0.2) is 18.4 Å². The summed E-state index contributed by atoms with van der Waals surface area (Å²) in [6.07, 6.45) is 1.40. The molecule has 8 heteroatoms. The van der Waals surface area contributed by atoms with Gasteiger partial charge < -0.3 is 9.84 Å². The highest BCUT2D eigenvalue weighted by Gasteiger charge is 2.43. The molecule has 0 aliphatic carbocycles. The molecule has 1 aromatic carbocycles. The number of rotatable bonds is 5. The van der Waals surface area contributed by atoms with Gasteiger partial charge in [-0.1, -0.05) is 0 Å². The maximum absolute atomic E-state index is 14.3. The minimum absolute atomic E-state index is 0.272. The molecule has 6 nitrogen and oxygen atoms in total. The Kier molecular flexibility index (Phi) is 5.22. The normalized spacial score (nSPS) is 15.5.